The summed E-state index contributed by atoms with van der Waals surface area (Å²) < 4.78 is 5.14. The Morgan fingerprint density at radius 2 is 1.44 bits per heavy atom. The molecule has 140 valence electrons. The van der Waals surface area contributed by atoms with Gasteiger partial charge in [0, 0.05) is 49.4 Å². The van der Waals surface area contributed by atoms with E-state index in [2.05, 4.69) is 0 Å². The number of methoxy groups -OCH3 is 1. The van der Waals surface area contributed by atoms with Gasteiger partial charge >= 0.3 is 0 Å². The fourth-order valence-corrected chi connectivity index (χ4v) is 2.99. The van der Waals surface area contributed by atoms with Gasteiger partial charge in [-0.05, 0) is 24.3 Å². The summed E-state index contributed by atoms with van der Waals surface area (Å²) in [6, 6.07) is 12.6. The van der Waals surface area contributed by atoms with Crippen molar-refractivity contribution in [2.45, 2.75) is 0 Å². The normalized spacial score (nSPS) is 14.0. The topological polar surface area (TPSA) is 93.0 Å². The third-order valence-electron chi connectivity index (χ3n) is 4.47. The Morgan fingerprint density at radius 3 is 1.96 bits per heavy atom. The lowest BCUT2D eigenvalue weighted by atomic mass is 10.1. The van der Waals surface area contributed by atoms with Crippen molar-refractivity contribution in [3.05, 3.63) is 69.8 Å². The van der Waals surface area contributed by atoms with E-state index in [1.807, 2.05) is 0 Å². The molecule has 27 heavy (non-hydrogen) atoms. The number of piperazine rings is 1. The van der Waals surface area contributed by atoms with Gasteiger partial charge in [-0.1, -0.05) is 12.1 Å². The molecule has 3 rings (SSSR count). The molecule has 2 aromatic carbocycles. The maximum Gasteiger partial charge on any atom is 0.270 e. The second-order valence-corrected chi connectivity index (χ2v) is 6.12. The quantitative estimate of drug-likeness (QED) is 0.608. The lowest BCUT2D eigenvalue weighted by molar-refractivity contribution is -0.384. The van der Waals surface area contributed by atoms with E-state index >= 15 is 0 Å². The molecule has 0 aliphatic carbocycles. The molecule has 0 spiro atoms. The largest absolute Gasteiger partial charge is 0.497 e. The van der Waals surface area contributed by atoms with Crippen molar-refractivity contribution < 1.29 is 19.2 Å². The van der Waals surface area contributed by atoms with E-state index in [1.165, 1.54) is 18.2 Å². The Bertz CT molecular complexity index is 875. The van der Waals surface area contributed by atoms with E-state index in [-0.39, 0.29) is 23.1 Å². The van der Waals surface area contributed by atoms with Crippen molar-refractivity contribution in [2.75, 3.05) is 33.3 Å². The Labute approximate surface area is 156 Å². The van der Waals surface area contributed by atoms with Crippen LogP contribution < -0.4 is 4.74 Å². The smallest absolute Gasteiger partial charge is 0.270 e. The molecule has 0 N–H and O–H groups in total. The summed E-state index contributed by atoms with van der Waals surface area (Å²) in [5.74, 6) is 0.226. The number of non-ortho nitro benzene ring substituents is 1. The fourth-order valence-electron chi connectivity index (χ4n) is 2.99. The van der Waals surface area contributed by atoms with E-state index in [4.69, 9.17) is 4.74 Å². The van der Waals surface area contributed by atoms with Crippen LogP contribution in [0.1, 0.15) is 20.7 Å². The first-order valence-electron chi connectivity index (χ1n) is 8.46. The van der Waals surface area contributed by atoms with Gasteiger partial charge in [-0.25, -0.2) is 0 Å². The van der Waals surface area contributed by atoms with Crippen molar-refractivity contribution in [2.24, 2.45) is 0 Å². The second kappa shape index (κ2) is 7.86. The summed E-state index contributed by atoms with van der Waals surface area (Å²) in [6.07, 6.45) is 0. The first kappa shape index (κ1) is 18.4. The molecule has 2 amide bonds. The van der Waals surface area contributed by atoms with Gasteiger partial charge in [-0.2, -0.15) is 0 Å². The summed E-state index contributed by atoms with van der Waals surface area (Å²) in [6.45, 7) is 1.54. The minimum Gasteiger partial charge on any atom is -0.497 e. The van der Waals surface area contributed by atoms with Gasteiger partial charge in [-0.15, -0.1) is 0 Å². The molecule has 8 heteroatoms. The summed E-state index contributed by atoms with van der Waals surface area (Å²) in [7, 11) is 1.54. The zero-order valence-corrected chi connectivity index (χ0v) is 14.8. The Balaban J connectivity index is 1.64. The van der Waals surface area contributed by atoms with Crippen LogP contribution in [0.4, 0.5) is 5.69 Å². The maximum atomic E-state index is 12.6. The van der Waals surface area contributed by atoms with Crippen LogP contribution in [0.2, 0.25) is 0 Å². The molecule has 0 bridgehead atoms. The molecule has 1 heterocycles. The van der Waals surface area contributed by atoms with Gasteiger partial charge in [0.1, 0.15) is 5.75 Å². The minimum atomic E-state index is -0.526. The highest BCUT2D eigenvalue weighted by atomic mass is 16.6. The summed E-state index contributed by atoms with van der Waals surface area (Å²) in [5.41, 5.74) is 0.692. The van der Waals surface area contributed by atoms with Gasteiger partial charge in [0.05, 0.1) is 12.0 Å². The molecule has 8 nitrogen and oxygen atoms in total. The molecule has 1 aliphatic heterocycles. The molecule has 1 fully saturated rings. The van der Waals surface area contributed by atoms with Crippen LogP contribution in [0.3, 0.4) is 0 Å². The van der Waals surface area contributed by atoms with Crippen molar-refractivity contribution in [1.29, 1.82) is 0 Å². The summed E-state index contributed by atoms with van der Waals surface area (Å²) >= 11 is 0. The number of benzene rings is 2. The van der Waals surface area contributed by atoms with Crippen LogP contribution in [0, 0.1) is 10.1 Å². The van der Waals surface area contributed by atoms with E-state index in [0.717, 1.165) is 0 Å². The van der Waals surface area contributed by atoms with E-state index < -0.39 is 4.92 Å². The minimum absolute atomic E-state index is 0.114. The highest BCUT2D eigenvalue weighted by molar-refractivity contribution is 5.96. The van der Waals surface area contributed by atoms with Crippen LogP contribution in [-0.2, 0) is 0 Å². The number of nitro groups is 1. The molecule has 1 saturated heterocycles. The van der Waals surface area contributed by atoms with Crippen LogP contribution in [0.15, 0.2) is 48.5 Å². The molecule has 1 aliphatic rings. The van der Waals surface area contributed by atoms with Crippen LogP contribution >= 0.6 is 0 Å². The van der Waals surface area contributed by atoms with E-state index in [1.54, 1.807) is 47.2 Å². The molecule has 0 aromatic heterocycles. The predicted molar refractivity (Wildman–Crippen MR) is 97.9 cm³/mol. The highest BCUT2D eigenvalue weighted by Crippen LogP contribution is 2.18. The molecule has 0 atom stereocenters. The SMILES string of the molecule is COc1cccc(C(=O)N2CCN(C(=O)c3cccc([N+](=O)[O-])c3)CC2)c1. The van der Waals surface area contributed by atoms with Crippen molar-refractivity contribution in [1.82, 2.24) is 9.80 Å². The van der Waals surface area contributed by atoms with Gasteiger partial charge in [-0.3, -0.25) is 19.7 Å². The zero-order valence-electron chi connectivity index (χ0n) is 14.8. The fraction of sp³-hybridized carbons (Fsp3) is 0.263. The second-order valence-electron chi connectivity index (χ2n) is 6.12. The van der Waals surface area contributed by atoms with Crippen LogP contribution in [0.25, 0.3) is 0 Å². The van der Waals surface area contributed by atoms with Crippen molar-refractivity contribution >= 4 is 17.5 Å². The predicted octanol–water partition coefficient (Wildman–Crippen LogP) is 2.20. The highest BCUT2D eigenvalue weighted by Gasteiger charge is 2.26. The number of carbonyl (C=O) groups is 2. The molecule has 0 radical (unpaired) electrons. The number of carbonyl (C=O) groups excluding carboxylic acids is 2. The van der Waals surface area contributed by atoms with Crippen LogP contribution in [0.5, 0.6) is 5.75 Å². The third kappa shape index (κ3) is 4.05. The standard InChI is InChI=1S/C19H19N3O5/c1-27-17-7-3-5-15(13-17)19(24)21-10-8-20(9-11-21)18(23)14-4-2-6-16(12-14)22(25)26/h2-7,12-13H,8-11H2,1H3. The van der Waals surface area contributed by atoms with E-state index in [0.29, 0.717) is 37.5 Å². The van der Waals surface area contributed by atoms with Gasteiger partial charge in [0.25, 0.3) is 17.5 Å². The number of hydrogen-bond acceptors (Lipinski definition) is 5. The number of nitro benzene ring substituents is 1. The molecular weight excluding hydrogens is 350 g/mol. The third-order valence-corrected chi connectivity index (χ3v) is 4.47. The Morgan fingerprint density at radius 1 is 0.926 bits per heavy atom. The zero-order chi connectivity index (χ0) is 19.4. The first-order valence-corrected chi connectivity index (χ1v) is 8.46. The average molecular weight is 369 g/mol. The molecular formula is C19H19N3O5. The number of nitrogens with zero attached hydrogens (tertiary/aromatic N) is 3. The Hall–Kier alpha value is -3.42. The van der Waals surface area contributed by atoms with Gasteiger partial charge < -0.3 is 14.5 Å². The molecule has 2 aromatic rings. The van der Waals surface area contributed by atoms with Gasteiger partial charge in [0.2, 0.25) is 0 Å². The first-order chi connectivity index (χ1) is 13.0. The lowest BCUT2D eigenvalue weighted by Crippen LogP contribution is -2.50. The monoisotopic (exact) mass is 369 g/mol. The number of amides is 2. The van der Waals surface area contributed by atoms with Crippen LogP contribution in [-0.4, -0.2) is 59.8 Å². The Kier molecular flexibility index (Phi) is 5.35. The number of ether oxygens (including phenoxy) is 1. The maximum absolute atomic E-state index is 12.6. The summed E-state index contributed by atoms with van der Waals surface area (Å²) in [4.78, 5) is 38.9. The molecule has 0 saturated carbocycles. The van der Waals surface area contributed by atoms with E-state index in [9.17, 15) is 19.7 Å². The van der Waals surface area contributed by atoms with Crippen molar-refractivity contribution in [3.63, 3.8) is 0 Å². The average Bonchev–Trinajstić information content (AvgIpc) is 2.73. The van der Waals surface area contributed by atoms with Gasteiger partial charge in [0.15, 0.2) is 0 Å². The summed E-state index contributed by atoms with van der Waals surface area (Å²) in [5, 5.41) is 10.9. The molecule has 0 unspecified atom stereocenters. The van der Waals surface area contributed by atoms with Crippen molar-refractivity contribution in [3.8, 4) is 5.75 Å². The number of rotatable bonds is 4. The number of hydrogen-bond donors (Lipinski definition) is 0. The lowest BCUT2D eigenvalue weighted by Gasteiger charge is -2.34.